The molecule has 1 aromatic heterocycles. The minimum Gasteiger partial charge on any atom is -0.382 e. The predicted molar refractivity (Wildman–Crippen MR) is 87.7 cm³/mol. The molecule has 2 rings (SSSR count). The average Bonchev–Trinajstić information content (AvgIpc) is 3.01. The maximum atomic E-state index is 12.6. The van der Waals surface area contributed by atoms with Crippen molar-refractivity contribution in [3.63, 3.8) is 0 Å². The minimum atomic E-state index is -0.0883. The molecule has 1 saturated heterocycles. The van der Waals surface area contributed by atoms with Crippen LogP contribution in [0.25, 0.3) is 0 Å². The molecule has 4 N–H and O–H groups in total. The van der Waals surface area contributed by atoms with E-state index in [0.29, 0.717) is 17.2 Å². The van der Waals surface area contributed by atoms with Gasteiger partial charge in [0.1, 0.15) is 10.7 Å². The van der Waals surface area contributed by atoms with Crippen LogP contribution in [0.1, 0.15) is 29.9 Å². The number of nitrogens with two attached hydrogens (primary N) is 2. The lowest BCUT2D eigenvalue weighted by molar-refractivity contribution is 0.0734. The molecule has 0 radical (unpaired) electrons. The summed E-state index contributed by atoms with van der Waals surface area (Å²) >= 11 is 1.35. The molecular formula is C14H23N5OS. The van der Waals surface area contributed by atoms with Crippen LogP contribution in [0.3, 0.4) is 0 Å². The maximum Gasteiger partial charge on any atom is 0.268 e. The second kappa shape index (κ2) is 6.44. The Kier molecular flexibility index (Phi) is 4.84. The van der Waals surface area contributed by atoms with Crippen LogP contribution in [0.4, 0.5) is 10.9 Å². The van der Waals surface area contributed by atoms with Gasteiger partial charge >= 0.3 is 0 Å². The van der Waals surface area contributed by atoms with Crippen molar-refractivity contribution in [2.45, 2.75) is 32.4 Å². The van der Waals surface area contributed by atoms with Gasteiger partial charge in [-0.15, -0.1) is 6.58 Å². The second-order valence-electron chi connectivity index (χ2n) is 5.55. The van der Waals surface area contributed by atoms with Gasteiger partial charge in [0.2, 0.25) is 0 Å². The van der Waals surface area contributed by atoms with Crippen LogP contribution < -0.4 is 16.4 Å². The highest BCUT2D eigenvalue weighted by Gasteiger charge is 2.27. The van der Waals surface area contributed by atoms with Crippen molar-refractivity contribution in [1.82, 2.24) is 9.88 Å². The number of rotatable bonds is 5. The largest absolute Gasteiger partial charge is 0.382 e. The summed E-state index contributed by atoms with van der Waals surface area (Å²) < 4.78 is 0. The van der Waals surface area contributed by atoms with Crippen molar-refractivity contribution < 1.29 is 4.79 Å². The fourth-order valence-corrected chi connectivity index (χ4v) is 3.34. The Bertz CT molecular complexity index is 527. The number of amides is 1. The van der Waals surface area contributed by atoms with E-state index in [1.54, 1.807) is 11.0 Å². The van der Waals surface area contributed by atoms with Crippen molar-refractivity contribution >= 4 is 28.2 Å². The third-order valence-corrected chi connectivity index (χ3v) is 4.66. The van der Waals surface area contributed by atoms with E-state index >= 15 is 0 Å². The standard InChI is InChI=1S/C14H23N5OS/c1-4-6-19(9(2)3)13(20)11-12(16)17-14(21-11)18-7-5-10(15)8-18/h4,9-10H,1,5-8,15-16H2,2-3H3. The summed E-state index contributed by atoms with van der Waals surface area (Å²) in [6, 6.07) is 0.253. The van der Waals surface area contributed by atoms with E-state index in [-0.39, 0.29) is 18.0 Å². The molecule has 0 saturated carbocycles. The lowest BCUT2D eigenvalue weighted by Gasteiger charge is -2.24. The quantitative estimate of drug-likeness (QED) is 0.800. The molecule has 0 aliphatic carbocycles. The van der Waals surface area contributed by atoms with Gasteiger partial charge in [0.15, 0.2) is 5.13 Å². The summed E-state index contributed by atoms with van der Waals surface area (Å²) in [7, 11) is 0. The van der Waals surface area contributed by atoms with Crippen molar-refractivity contribution in [3.05, 3.63) is 17.5 Å². The summed E-state index contributed by atoms with van der Waals surface area (Å²) in [5.74, 6) is 0.213. The summed E-state index contributed by atoms with van der Waals surface area (Å²) in [5, 5.41) is 0.783. The van der Waals surface area contributed by atoms with Crippen molar-refractivity contribution in [3.8, 4) is 0 Å². The molecule has 1 aliphatic rings. The maximum absolute atomic E-state index is 12.6. The van der Waals surface area contributed by atoms with E-state index in [1.165, 1.54) is 11.3 Å². The number of anilines is 2. The van der Waals surface area contributed by atoms with Gasteiger partial charge in [-0.3, -0.25) is 4.79 Å². The second-order valence-corrected chi connectivity index (χ2v) is 6.52. The molecule has 1 amide bonds. The molecule has 116 valence electrons. The van der Waals surface area contributed by atoms with E-state index in [9.17, 15) is 4.79 Å². The van der Waals surface area contributed by atoms with E-state index in [1.807, 2.05) is 13.8 Å². The Labute approximate surface area is 129 Å². The summed E-state index contributed by atoms with van der Waals surface area (Å²) in [6.45, 7) is 9.77. The minimum absolute atomic E-state index is 0.0839. The lowest BCUT2D eigenvalue weighted by Crippen LogP contribution is -2.36. The molecule has 7 heteroatoms. The molecule has 0 bridgehead atoms. The van der Waals surface area contributed by atoms with E-state index in [4.69, 9.17) is 11.5 Å². The average molecular weight is 309 g/mol. The summed E-state index contributed by atoms with van der Waals surface area (Å²) in [5.41, 5.74) is 11.9. The van der Waals surface area contributed by atoms with Crippen LogP contribution in [0.15, 0.2) is 12.7 Å². The first-order valence-corrected chi connectivity index (χ1v) is 7.94. The summed E-state index contributed by atoms with van der Waals surface area (Å²) in [6.07, 6.45) is 2.66. The SMILES string of the molecule is C=CCN(C(=O)c1sc(N2CCC(N)C2)nc1N)C(C)C. The van der Waals surface area contributed by atoms with Crippen LogP contribution in [-0.2, 0) is 0 Å². The van der Waals surface area contributed by atoms with Crippen LogP contribution in [-0.4, -0.2) is 47.5 Å². The zero-order valence-corrected chi connectivity index (χ0v) is 13.4. The predicted octanol–water partition coefficient (Wildman–Crippen LogP) is 1.30. The number of carbonyl (C=O) groups excluding carboxylic acids is 1. The zero-order chi connectivity index (χ0) is 15.6. The van der Waals surface area contributed by atoms with Crippen LogP contribution in [0, 0.1) is 0 Å². The fourth-order valence-electron chi connectivity index (χ4n) is 2.37. The molecule has 1 atom stereocenters. The van der Waals surface area contributed by atoms with Gasteiger partial charge in [0, 0.05) is 31.7 Å². The first-order chi connectivity index (χ1) is 9.93. The number of hydrogen-bond donors (Lipinski definition) is 2. The zero-order valence-electron chi connectivity index (χ0n) is 12.6. The molecule has 1 aromatic rings. The normalized spacial score (nSPS) is 18.3. The molecular weight excluding hydrogens is 286 g/mol. The fraction of sp³-hybridized carbons (Fsp3) is 0.571. The smallest absolute Gasteiger partial charge is 0.268 e. The van der Waals surface area contributed by atoms with Gasteiger partial charge in [0.25, 0.3) is 5.91 Å². The summed E-state index contributed by atoms with van der Waals surface area (Å²) in [4.78, 5) is 21.3. The number of aromatic nitrogens is 1. The lowest BCUT2D eigenvalue weighted by atomic mass is 10.3. The number of nitrogens with zero attached hydrogens (tertiary/aromatic N) is 3. The highest BCUT2D eigenvalue weighted by Crippen LogP contribution is 2.31. The molecule has 1 fully saturated rings. The molecule has 21 heavy (non-hydrogen) atoms. The van der Waals surface area contributed by atoms with Crippen LogP contribution in [0.5, 0.6) is 0 Å². The van der Waals surface area contributed by atoms with E-state index < -0.39 is 0 Å². The Morgan fingerprint density at radius 2 is 2.38 bits per heavy atom. The Balaban J connectivity index is 2.21. The number of thiazole rings is 1. The van der Waals surface area contributed by atoms with Crippen molar-refractivity contribution in [2.75, 3.05) is 30.3 Å². The molecule has 2 heterocycles. The molecule has 6 nitrogen and oxygen atoms in total. The van der Waals surface area contributed by atoms with Gasteiger partial charge < -0.3 is 21.3 Å². The Hall–Kier alpha value is -1.60. The van der Waals surface area contributed by atoms with Crippen LogP contribution in [0.2, 0.25) is 0 Å². The number of nitrogen functional groups attached to an aromatic ring is 1. The molecule has 1 unspecified atom stereocenters. The van der Waals surface area contributed by atoms with Crippen LogP contribution >= 0.6 is 11.3 Å². The molecule has 1 aliphatic heterocycles. The van der Waals surface area contributed by atoms with Crippen molar-refractivity contribution in [1.29, 1.82) is 0 Å². The third-order valence-electron chi connectivity index (χ3n) is 3.54. The molecule has 0 aromatic carbocycles. The van der Waals surface area contributed by atoms with Crippen molar-refractivity contribution in [2.24, 2.45) is 5.73 Å². The highest BCUT2D eigenvalue weighted by molar-refractivity contribution is 7.18. The monoisotopic (exact) mass is 309 g/mol. The topological polar surface area (TPSA) is 88.5 Å². The van der Waals surface area contributed by atoms with Gasteiger partial charge in [-0.2, -0.15) is 0 Å². The third kappa shape index (κ3) is 3.36. The molecule has 0 spiro atoms. The Morgan fingerprint density at radius 1 is 1.67 bits per heavy atom. The van der Waals surface area contributed by atoms with Gasteiger partial charge in [-0.05, 0) is 20.3 Å². The van der Waals surface area contributed by atoms with Gasteiger partial charge in [-0.25, -0.2) is 4.98 Å². The Morgan fingerprint density at radius 3 is 2.90 bits per heavy atom. The highest BCUT2D eigenvalue weighted by atomic mass is 32.1. The number of hydrogen-bond acceptors (Lipinski definition) is 6. The van der Waals surface area contributed by atoms with E-state index in [0.717, 1.165) is 24.6 Å². The van der Waals surface area contributed by atoms with E-state index in [2.05, 4.69) is 16.5 Å². The van der Waals surface area contributed by atoms with Gasteiger partial charge in [-0.1, -0.05) is 17.4 Å². The first-order valence-electron chi connectivity index (χ1n) is 7.12. The first kappa shape index (κ1) is 15.8. The number of carbonyl (C=O) groups is 1. The van der Waals surface area contributed by atoms with Gasteiger partial charge in [0.05, 0.1) is 0 Å².